The molecule has 0 fully saturated rings. The molecule has 0 atom stereocenters. The van der Waals surface area contributed by atoms with Crippen molar-refractivity contribution in [2.45, 2.75) is 33.4 Å². The fourth-order valence-electron chi connectivity index (χ4n) is 1.72. The molecular weight excluding hydrogens is 240 g/mol. The highest BCUT2D eigenvalue weighted by Crippen LogP contribution is 2.09. The molecule has 4 heteroatoms. The molecule has 0 aliphatic carbocycles. The van der Waals surface area contributed by atoms with E-state index >= 15 is 0 Å². The first-order chi connectivity index (χ1) is 9.27. The van der Waals surface area contributed by atoms with Crippen LogP contribution >= 0.6 is 0 Å². The van der Waals surface area contributed by atoms with Crippen molar-refractivity contribution in [1.82, 2.24) is 10.6 Å². The van der Waals surface area contributed by atoms with Crippen LogP contribution < -0.4 is 10.6 Å². The molecule has 1 aromatic rings. The van der Waals surface area contributed by atoms with E-state index in [1.165, 1.54) is 0 Å². The Bertz CT molecular complexity index is 380. The van der Waals surface area contributed by atoms with Gasteiger partial charge < -0.3 is 15.4 Å². The third-order valence-electron chi connectivity index (χ3n) is 2.77. The third kappa shape index (κ3) is 6.36. The average Bonchev–Trinajstić information content (AvgIpc) is 2.44. The topological polar surface area (TPSA) is 50.4 Å². The van der Waals surface area contributed by atoms with Gasteiger partial charge in [0.15, 0.2) is 0 Å². The van der Waals surface area contributed by atoms with Gasteiger partial charge in [-0.15, -0.1) is 0 Å². The molecule has 106 valence electrons. The van der Waals surface area contributed by atoms with Crippen molar-refractivity contribution >= 4 is 5.91 Å². The van der Waals surface area contributed by atoms with E-state index in [0.717, 1.165) is 24.1 Å². The lowest BCUT2D eigenvalue weighted by Crippen LogP contribution is -2.33. The Morgan fingerprint density at radius 1 is 1.21 bits per heavy atom. The molecular formula is C15H24N2O2. The number of ether oxygens (including phenoxy) is 1. The molecule has 4 nitrogen and oxygen atoms in total. The van der Waals surface area contributed by atoms with E-state index < -0.39 is 0 Å². The minimum absolute atomic E-state index is 0.0275. The molecule has 0 spiro atoms. The van der Waals surface area contributed by atoms with E-state index in [2.05, 4.69) is 17.6 Å². The average molecular weight is 264 g/mol. The predicted octanol–water partition coefficient (Wildman–Crippen LogP) is 1.84. The molecule has 0 aliphatic heterocycles. The summed E-state index contributed by atoms with van der Waals surface area (Å²) in [5.74, 6) is 0.0275. The summed E-state index contributed by atoms with van der Waals surface area (Å²) in [6.07, 6.45) is 1.03. The summed E-state index contributed by atoms with van der Waals surface area (Å²) in [6, 6.07) is 8.02. The van der Waals surface area contributed by atoms with Crippen molar-refractivity contribution in [3.05, 3.63) is 35.4 Å². The molecule has 0 saturated carbocycles. The fourth-order valence-corrected chi connectivity index (χ4v) is 1.72. The molecule has 0 saturated heterocycles. The summed E-state index contributed by atoms with van der Waals surface area (Å²) >= 11 is 0. The Kier molecular flexibility index (Phi) is 7.86. The molecule has 19 heavy (non-hydrogen) atoms. The third-order valence-corrected chi connectivity index (χ3v) is 2.77. The number of carbonyl (C=O) groups excluding carboxylic acids is 1. The van der Waals surface area contributed by atoms with Gasteiger partial charge in [0.25, 0.3) is 0 Å². The van der Waals surface area contributed by atoms with E-state index in [1.54, 1.807) is 0 Å². The highest BCUT2D eigenvalue weighted by atomic mass is 16.5. The van der Waals surface area contributed by atoms with Crippen LogP contribution in [0, 0.1) is 0 Å². The summed E-state index contributed by atoms with van der Waals surface area (Å²) in [6.45, 7) is 7.14. The van der Waals surface area contributed by atoms with Crippen molar-refractivity contribution in [1.29, 1.82) is 0 Å². The Morgan fingerprint density at radius 3 is 2.63 bits per heavy atom. The molecule has 1 rings (SSSR count). The normalized spacial score (nSPS) is 10.4. The minimum Gasteiger partial charge on any atom is -0.377 e. The highest BCUT2D eigenvalue weighted by molar-refractivity contribution is 5.77. The van der Waals surface area contributed by atoms with Crippen LogP contribution in [0.1, 0.15) is 31.4 Å². The Hall–Kier alpha value is -1.39. The molecule has 0 bridgehead atoms. The van der Waals surface area contributed by atoms with E-state index in [9.17, 15) is 4.79 Å². The van der Waals surface area contributed by atoms with Crippen molar-refractivity contribution in [3.63, 3.8) is 0 Å². The molecule has 0 heterocycles. The number of hydrogen-bond acceptors (Lipinski definition) is 3. The van der Waals surface area contributed by atoms with Gasteiger partial charge in [-0.25, -0.2) is 0 Å². The molecule has 0 aliphatic rings. The standard InChI is InChI=1S/C15H24N2O2/c1-3-9-16-11-15(18)17-10-13-7-5-6-8-14(13)12-19-4-2/h5-8,16H,3-4,9-12H2,1-2H3,(H,17,18). The maximum atomic E-state index is 11.6. The molecule has 0 aromatic heterocycles. The first-order valence-corrected chi connectivity index (χ1v) is 6.89. The minimum atomic E-state index is 0.0275. The Balaban J connectivity index is 2.41. The van der Waals surface area contributed by atoms with E-state index in [1.807, 2.05) is 31.2 Å². The fraction of sp³-hybridized carbons (Fsp3) is 0.533. The summed E-state index contributed by atoms with van der Waals surface area (Å²) < 4.78 is 5.42. The van der Waals surface area contributed by atoms with Gasteiger partial charge in [0.05, 0.1) is 13.2 Å². The van der Waals surface area contributed by atoms with Gasteiger partial charge in [-0.2, -0.15) is 0 Å². The number of nitrogens with one attached hydrogen (secondary N) is 2. The van der Waals surface area contributed by atoms with Crippen molar-refractivity contribution in [2.75, 3.05) is 19.7 Å². The lowest BCUT2D eigenvalue weighted by Gasteiger charge is -2.11. The van der Waals surface area contributed by atoms with Gasteiger partial charge >= 0.3 is 0 Å². The lowest BCUT2D eigenvalue weighted by molar-refractivity contribution is -0.120. The largest absolute Gasteiger partial charge is 0.377 e. The van der Waals surface area contributed by atoms with Crippen LogP contribution in [-0.2, 0) is 22.7 Å². The van der Waals surface area contributed by atoms with Crippen LogP contribution in [0.5, 0.6) is 0 Å². The number of carbonyl (C=O) groups is 1. The SMILES string of the molecule is CCCNCC(=O)NCc1ccccc1COCC. The van der Waals surface area contributed by atoms with E-state index in [-0.39, 0.29) is 5.91 Å². The Labute approximate surface area is 115 Å². The molecule has 0 radical (unpaired) electrons. The number of amides is 1. The molecule has 1 aromatic carbocycles. The smallest absolute Gasteiger partial charge is 0.234 e. The molecule has 1 amide bonds. The van der Waals surface area contributed by atoms with Gasteiger partial charge in [-0.1, -0.05) is 31.2 Å². The molecule has 2 N–H and O–H groups in total. The second kappa shape index (κ2) is 9.53. The summed E-state index contributed by atoms with van der Waals surface area (Å²) in [5, 5.41) is 6.00. The quantitative estimate of drug-likeness (QED) is 0.669. The Morgan fingerprint density at radius 2 is 1.95 bits per heavy atom. The summed E-state index contributed by atoms with van der Waals surface area (Å²) in [4.78, 5) is 11.6. The van der Waals surface area contributed by atoms with Crippen molar-refractivity contribution in [3.8, 4) is 0 Å². The second-order valence-electron chi connectivity index (χ2n) is 4.36. The van der Waals surface area contributed by atoms with Crippen LogP contribution in [0.3, 0.4) is 0 Å². The van der Waals surface area contributed by atoms with Crippen LogP contribution in [0.4, 0.5) is 0 Å². The zero-order chi connectivity index (χ0) is 13.9. The van der Waals surface area contributed by atoms with Crippen LogP contribution in [0.25, 0.3) is 0 Å². The van der Waals surface area contributed by atoms with Gasteiger partial charge in [-0.05, 0) is 31.0 Å². The van der Waals surface area contributed by atoms with Gasteiger partial charge in [0.1, 0.15) is 0 Å². The first kappa shape index (κ1) is 15.7. The first-order valence-electron chi connectivity index (χ1n) is 6.89. The van der Waals surface area contributed by atoms with Crippen LogP contribution in [0.2, 0.25) is 0 Å². The summed E-state index contributed by atoms with van der Waals surface area (Å²) in [7, 11) is 0. The zero-order valence-electron chi connectivity index (χ0n) is 11.9. The van der Waals surface area contributed by atoms with E-state index in [0.29, 0.717) is 26.3 Å². The van der Waals surface area contributed by atoms with Crippen molar-refractivity contribution < 1.29 is 9.53 Å². The van der Waals surface area contributed by atoms with Gasteiger partial charge in [0, 0.05) is 13.2 Å². The monoisotopic (exact) mass is 264 g/mol. The number of hydrogen-bond donors (Lipinski definition) is 2. The zero-order valence-corrected chi connectivity index (χ0v) is 11.9. The molecule has 0 unspecified atom stereocenters. The van der Waals surface area contributed by atoms with Crippen LogP contribution in [0.15, 0.2) is 24.3 Å². The number of rotatable bonds is 9. The number of benzene rings is 1. The predicted molar refractivity (Wildman–Crippen MR) is 76.8 cm³/mol. The van der Waals surface area contributed by atoms with E-state index in [4.69, 9.17) is 4.74 Å². The maximum Gasteiger partial charge on any atom is 0.234 e. The second-order valence-corrected chi connectivity index (χ2v) is 4.36. The maximum absolute atomic E-state index is 11.6. The lowest BCUT2D eigenvalue weighted by atomic mass is 10.1. The summed E-state index contributed by atoms with van der Waals surface area (Å²) in [5.41, 5.74) is 2.24. The van der Waals surface area contributed by atoms with Crippen LogP contribution in [-0.4, -0.2) is 25.6 Å². The highest BCUT2D eigenvalue weighted by Gasteiger charge is 2.04. The van der Waals surface area contributed by atoms with Crippen molar-refractivity contribution in [2.24, 2.45) is 0 Å². The van der Waals surface area contributed by atoms with Gasteiger partial charge in [-0.3, -0.25) is 4.79 Å². The van der Waals surface area contributed by atoms with Gasteiger partial charge in [0.2, 0.25) is 5.91 Å².